The molecule has 0 bridgehead atoms. The van der Waals surface area contributed by atoms with E-state index >= 15 is 0 Å². The lowest BCUT2D eigenvalue weighted by molar-refractivity contribution is -0.129. The zero-order chi connectivity index (χ0) is 18.6. The van der Waals surface area contributed by atoms with Gasteiger partial charge in [0.25, 0.3) is 0 Å². The van der Waals surface area contributed by atoms with Crippen molar-refractivity contribution < 1.29 is 4.79 Å². The van der Waals surface area contributed by atoms with Gasteiger partial charge in [-0.25, -0.2) is 0 Å². The summed E-state index contributed by atoms with van der Waals surface area (Å²) in [6.07, 6.45) is 9.61. The van der Waals surface area contributed by atoms with Crippen molar-refractivity contribution in [3.63, 3.8) is 0 Å². The Bertz CT molecular complexity index is 635. The molecule has 1 nitrogen and oxygen atoms in total. The van der Waals surface area contributed by atoms with Gasteiger partial charge in [-0.2, -0.15) is 0 Å². The summed E-state index contributed by atoms with van der Waals surface area (Å²) >= 11 is 0. The number of benzene rings is 1. The van der Waals surface area contributed by atoms with Crippen molar-refractivity contribution in [1.82, 2.24) is 0 Å². The average Bonchev–Trinajstić information content (AvgIpc) is 2.62. The van der Waals surface area contributed by atoms with Gasteiger partial charge in [0.1, 0.15) is 0 Å². The maximum Gasteiger partial charge on any atom is 0.151 e. The Morgan fingerprint density at radius 3 is 2.20 bits per heavy atom. The second-order valence-electron chi connectivity index (χ2n) is 8.05. The smallest absolute Gasteiger partial charge is 0.151 e. The first-order valence-corrected chi connectivity index (χ1v) is 9.68. The molecule has 0 aliphatic heterocycles. The van der Waals surface area contributed by atoms with Gasteiger partial charge in [0.15, 0.2) is 5.78 Å². The minimum Gasteiger partial charge on any atom is -0.298 e. The van der Waals surface area contributed by atoms with Crippen molar-refractivity contribution >= 4 is 5.78 Å². The third kappa shape index (κ3) is 3.97. The van der Waals surface area contributed by atoms with E-state index in [0.29, 0.717) is 17.6 Å². The fourth-order valence-corrected chi connectivity index (χ4v) is 3.75. The summed E-state index contributed by atoms with van der Waals surface area (Å²) in [4.78, 5) is 13.9. The minimum absolute atomic E-state index is 0.0685. The van der Waals surface area contributed by atoms with Crippen LogP contribution in [0.1, 0.15) is 59.4 Å². The molecule has 0 amide bonds. The first kappa shape index (κ1) is 19.7. The third-order valence-electron chi connectivity index (χ3n) is 5.77. The molecule has 0 fully saturated rings. The number of ketones is 1. The number of rotatable bonds is 7. The van der Waals surface area contributed by atoms with Crippen LogP contribution in [0.15, 0.2) is 54.1 Å². The highest BCUT2D eigenvalue weighted by atomic mass is 16.1. The summed E-state index contributed by atoms with van der Waals surface area (Å²) in [5.41, 5.74) is 1.89. The van der Waals surface area contributed by atoms with Crippen molar-refractivity contribution in [3.8, 4) is 0 Å². The van der Waals surface area contributed by atoms with Crippen LogP contribution in [0.25, 0.3) is 0 Å². The van der Waals surface area contributed by atoms with Gasteiger partial charge in [-0.3, -0.25) is 4.79 Å². The minimum atomic E-state index is -0.516. The van der Waals surface area contributed by atoms with E-state index in [1.54, 1.807) is 0 Å². The van der Waals surface area contributed by atoms with Crippen molar-refractivity contribution in [1.29, 1.82) is 0 Å². The quantitative estimate of drug-likeness (QED) is 0.564. The van der Waals surface area contributed by atoms with E-state index in [0.717, 1.165) is 12.0 Å². The van der Waals surface area contributed by atoms with Gasteiger partial charge in [-0.1, -0.05) is 102 Å². The van der Waals surface area contributed by atoms with Crippen molar-refractivity contribution in [2.45, 2.75) is 53.9 Å². The largest absolute Gasteiger partial charge is 0.298 e. The van der Waals surface area contributed by atoms with Crippen LogP contribution in [0.3, 0.4) is 0 Å². The highest BCUT2D eigenvalue weighted by molar-refractivity contribution is 5.95. The number of carbonyl (C=O) groups is 1. The van der Waals surface area contributed by atoms with Gasteiger partial charge in [-0.15, -0.1) is 0 Å². The number of allylic oxidation sites excluding steroid dienone is 4. The molecule has 1 radical (unpaired) electrons. The molecule has 1 heteroatoms. The van der Waals surface area contributed by atoms with Gasteiger partial charge < -0.3 is 0 Å². The lowest BCUT2D eigenvalue weighted by Gasteiger charge is -2.40. The number of hydrogen-bond donors (Lipinski definition) is 0. The number of Topliss-reactive ketones (excluding diaryl/α,β-unsaturated/α-hetero) is 1. The van der Waals surface area contributed by atoms with Crippen LogP contribution in [-0.2, 0) is 4.79 Å². The van der Waals surface area contributed by atoms with E-state index in [1.807, 2.05) is 18.2 Å². The summed E-state index contributed by atoms with van der Waals surface area (Å²) in [5, 5.41) is 0. The molecular formula is C24H33O. The van der Waals surface area contributed by atoms with Crippen molar-refractivity contribution in [2.24, 2.45) is 23.2 Å². The summed E-state index contributed by atoms with van der Waals surface area (Å²) < 4.78 is 0. The molecule has 1 aliphatic carbocycles. The topological polar surface area (TPSA) is 17.1 Å². The molecule has 0 aromatic heterocycles. The van der Waals surface area contributed by atoms with Crippen LogP contribution in [0.5, 0.6) is 0 Å². The van der Waals surface area contributed by atoms with E-state index in [2.05, 4.69) is 78.3 Å². The Morgan fingerprint density at radius 2 is 1.68 bits per heavy atom. The van der Waals surface area contributed by atoms with Gasteiger partial charge in [-0.05, 0) is 23.3 Å². The fourth-order valence-electron chi connectivity index (χ4n) is 3.75. The Kier molecular flexibility index (Phi) is 6.43. The molecule has 3 unspecified atom stereocenters. The highest BCUT2D eigenvalue weighted by Crippen LogP contribution is 2.46. The molecule has 1 aromatic carbocycles. The van der Waals surface area contributed by atoms with Crippen LogP contribution in [0, 0.1) is 29.6 Å². The molecule has 0 saturated carbocycles. The van der Waals surface area contributed by atoms with Crippen LogP contribution >= 0.6 is 0 Å². The maximum atomic E-state index is 13.9. The van der Waals surface area contributed by atoms with Gasteiger partial charge >= 0.3 is 0 Å². The molecule has 135 valence electrons. The summed E-state index contributed by atoms with van der Waals surface area (Å²) in [6.45, 7) is 13.1. The van der Waals surface area contributed by atoms with E-state index < -0.39 is 5.41 Å². The highest BCUT2D eigenvalue weighted by Gasteiger charge is 2.45. The molecule has 25 heavy (non-hydrogen) atoms. The molecule has 0 heterocycles. The Balaban J connectivity index is 2.48. The van der Waals surface area contributed by atoms with Crippen LogP contribution in [0.2, 0.25) is 0 Å². The second-order valence-corrected chi connectivity index (χ2v) is 8.05. The van der Waals surface area contributed by atoms with Crippen molar-refractivity contribution in [3.05, 3.63) is 66.1 Å². The van der Waals surface area contributed by atoms with E-state index in [-0.39, 0.29) is 11.8 Å². The lowest BCUT2D eigenvalue weighted by atomic mass is 9.61. The zero-order valence-electron chi connectivity index (χ0n) is 16.6. The summed E-state index contributed by atoms with van der Waals surface area (Å²) in [6, 6.07) is 10.3. The molecular weight excluding hydrogens is 304 g/mol. The molecule has 2 rings (SSSR count). The molecule has 0 spiro atoms. The lowest BCUT2D eigenvalue weighted by Crippen LogP contribution is -2.42. The molecule has 0 N–H and O–H groups in total. The Hall–Kier alpha value is -1.63. The van der Waals surface area contributed by atoms with Crippen LogP contribution < -0.4 is 0 Å². The normalized spacial score (nSPS) is 22.8. The number of carbonyl (C=O) groups excluding carboxylic acids is 1. The molecule has 1 aliphatic rings. The number of hydrogen-bond acceptors (Lipinski definition) is 1. The standard InChI is InChI=1S/C24H33O/c1-7-19(6)22(20-12-9-8-10-13-20)23(25)24(18(4)5)15-11-14-21(16-24)17(2)3/h8-19,22H,7H2,1-6H3. The summed E-state index contributed by atoms with van der Waals surface area (Å²) in [5.74, 6) is 1.25. The second kappa shape index (κ2) is 8.17. The maximum absolute atomic E-state index is 13.9. The van der Waals surface area contributed by atoms with E-state index in [9.17, 15) is 4.79 Å². The SMILES string of the molecule is CCC(C)C(C(=O)C1(C(C)C)[CH]C(C(C)C)=CC=C1)c1ccccc1. The van der Waals surface area contributed by atoms with Gasteiger partial charge in [0.05, 0.1) is 5.41 Å². The predicted molar refractivity (Wildman–Crippen MR) is 107 cm³/mol. The Labute approximate surface area is 154 Å². The van der Waals surface area contributed by atoms with Crippen LogP contribution in [-0.4, -0.2) is 5.78 Å². The fraction of sp³-hybridized carbons (Fsp3) is 0.500. The molecule has 1 aromatic rings. The predicted octanol–water partition coefficient (Wildman–Crippen LogP) is 6.38. The Morgan fingerprint density at radius 1 is 1.04 bits per heavy atom. The summed E-state index contributed by atoms with van der Waals surface area (Å²) in [7, 11) is 0. The monoisotopic (exact) mass is 337 g/mol. The van der Waals surface area contributed by atoms with E-state index in [4.69, 9.17) is 0 Å². The molecule has 0 saturated heterocycles. The van der Waals surface area contributed by atoms with E-state index in [1.165, 1.54) is 5.57 Å². The van der Waals surface area contributed by atoms with Gasteiger partial charge in [0.2, 0.25) is 0 Å². The molecule has 3 atom stereocenters. The van der Waals surface area contributed by atoms with Crippen LogP contribution in [0.4, 0.5) is 0 Å². The first-order valence-electron chi connectivity index (χ1n) is 9.68. The van der Waals surface area contributed by atoms with Crippen molar-refractivity contribution in [2.75, 3.05) is 0 Å². The zero-order valence-corrected chi connectivity index (χ0v) is 16.6. The third-order valence-corrected chi connectivity index (χ3v) is 5.77. The first-order chi connectivity index (χ1) is 11.8. The van der Waals surface area contributed by atoms with Gasteiger partial charge in [0, 0.05) is 12.3 Å². The average molecular weight is 338 g/mol.